The summed E-state index contributed by atoms with van der Waals surface area (Å²) in [5, 5.41) is 6.54. The van der Waals surface area contributed by atoms with Gasteiger partial charge in [-0.05, 0) is 61.1 Å². The molecule has 26 heavy (non-hydrogen) atoms. The molecule has 2 aromatic carbocycles. The Morgan fingerprint density at radius 2 is 2.12 bits per heavy atom. The summed E-state index contributed by atoms with van der Waals surface area (Å²) in [5.41, 5.74) is 4.77. The lowest BCUT2D eigenvalue weighted by Crippen LogP contribution is -2.34. The van der Waals surface area contributed by atoms with Crippen LogP contribution in [0.2, 0.25) is 0 Å². The van der Waals surface area contributed by atoms with Crippen molar-refractivity contribution in [3.8, 4) is 0 Å². The molecule has 0 unspecified atom stereocenters. The van der Waals surface area contributed by atoms with Gasteiger partial charge in [0.2, 0.25) is 0 Å². The van der Waals surface area contributed by atoms with Gasteiger partial charge in [-0.2, -0.15) is 0 Å². The molecule has 4 nitrogen and oxygen atoms in total. The normalized spacial score (nSPS) is 19.2. The molecule has 1 fully saturated rings. The minimum Gasteiger partial charge on any atom is -0.369 e. The Hall–Kier alpha value is -2.33. The lowest BCUT2D eigenvalue weighted by Gasteiger charge is -2.23. The minimum absolute atomic E-state index is 0.0306. The molecule has 2 aliphatic heterocycles. The van der Waals surface area contributed by atoms with Crippen LogP contribution in [-0.2, 0) is 6.42 Å². The van der Waals surface area contributed by atoms with Crippen LogP contribution in [-0.4, -0.2) is 38.6 Å². The molecular weight excluding hydrogens is 322 g/mol. The molecule has 0 spiro atoms. The highest BCUT2D eigenvalue weighted by Crippen LogP contribution is 2.27. The third kappa shape index (κ3) is 3.75. The molecule has 1 saturated heterocycles. The Labute approximate surface area is 155 Å². The molecule has 136 valence electrons. The number of hydrogen-bond acceptors (Lipinski definition) is 3. The van der Waals surface area contributed by atoms with Crippen molar-refractivity contribution in [2.45, 2.75) is 25.2 Å². The van der Waals surface area contributed by atoms with Crippen molar-refractivity contribution in [3.05, 3.63) is 65.2 Å². The van der Waals surface area contributed by atoms with E-state index in [1.165, 1.54) is 29.7 Å². The van der Waals surface area contributed by atoms with Gasteiger partial charge in [-0.1, -0.05) is 30.3 Å². The van der Waals surface area contributed by atoms with Crippen molar-refractivity contribution >= 4 is 11.6 Å². The van der Waals surface area contributed by atoms with Crippen LogP contribution in [0.3, 0.4) is 0 Å². The van der Waals surface area contributed by atoms with Crippen LogP contribution in [0.15, 0.2) is 48.5 Å². The summed E-state index contributed by atoms with van der Waals surface area (Å²) in [4.78, 5) is 14.9. The zero-order valence-electron chi connectivity index (χ0n) is 15.2. The van der Waals surface area contributed by atoms with Gasteiger partial charge in [-0.15, -0.1) is 0 Å². The molecule has 4 rings (SSSR count). The number of para-hydroxylation sites is 1. The molecule has 1 atom stereocenters. The highest BCUT2D eigenvalue weighted by atomic mass is 16.1. The average Bonchev–Trinajstić information content (AvgIpc) is 3.12. The van der Waals surface area contributed by atoms with Gasteiger partial charge >= 0.3 is 0 Å². The van der Waals surface area contributed by atoms with Crippen molar-refractivity contribution < 1.29 is 4.79 Å². The summed E-state index contributed by atoms with van der Waals surface area (Å²) in [5.74, 6) is 0.556. The van der Waals surface area contributed by atoms with Gasteiger partial charge in [-0.25, -0.2) is 0 Å². The molecule has 1 amide bonds. The van der Waals surface area contributed by atoms with E-state index >= 15 is 0 Å². The first-order valence-corrected chi connectivity index (χ1v) is 9.73. The van der Waals surface area contributed by atoms with Gasteiger partial charge in [-0.3, -0.25) is 4.79 Å². The zero-order chi connectivity index (χ0) is 17.8. The largest absolute Gasteiger partial charge is 0.369 e. The predicted molar refractivity (Wildman–Crippen MR) is 106 cm³/mol. The summed E-state index contributed by atoms with van der Waals surface area (Å²) in [6, 6.07) is 16.7. The Bertz CT molecular complexity index is 767. The van der Waals surface area contributed by atoms with Gasteiger partial charge in [0.25, 0.3) is 5.91 Å². The van der Waals surface area contributed by atoms with E-state index in [2.05, 4.69) is 51.9 Å². The zero-order valence-corrected chi connectivity index (χ0v) is 15.2. The fourth-order valence-electron chi connectivity index (χ4n) is 4.12. The molecule has 4 heteroatoms. The maximum atomic E-state index is 12.6. The standard InChI is InChI=1S/C22H27N3O/c26-22(19-7-3-6-18(15-19)20-8-4-11-23-16-20)24-12-14-25-13-10-17-5-1-2-9-21(17)25/h1-3,5-7,9,15,20,23H,4,8,10-14,16H2,(H,24,26)/t20-/m0/s1. The summed E-state index contributed by atoms with van der Waals surface area (Å²) < 4.78 is 0. The molecule has 2 aliphatic rings. The van der Waals surface area contributed by atoms with Crippen molar-refractivity contribution in [2.24, 2.45) is 0 Å². The Balaban J connectivity index is 1.32. The number of piperidine rings is 1. The van der Waals surface area contributed by atoms with Crippen LogP contribution in [0.1, 0.15) is 40.2 Å². The van der Waals surface area contributed by atoms with E-state index < -0.39 is 0 Å². The number of rotatable bonds is 5. The van der Waals surface area contributed by atoms with E-state index in [4.69, 9.17) is 0 Å². The van der Waals surface area contributed by atoms with Crippen molar-refractivity contribution in [3.63, 3.8) is 0 Å². The molecule has 0 aliphatic carbocycles. The van der Waals surface area contributed by atoms with E-state index in [0.29, 0.717) is 12.5 Å². The minimum atomic E-state index is 0.0306. The fourth-order valence-corrected chi connectivity index (χ4v) is 4.12. The molecular formula is C22H27N3O. The molecule has 0 bridgehead atoms. The second-order valence-corrected chi connectivity index (χ2v) is 7.29. The van der Waals surface area contributed by atoms with Crippen LogP contribution in [0, 0.1) is 0 Å². The number of nitrogens with zero attached hydrogens (tertiary/aromatic N) is 1. The second kappa shape index (κ2) is 7.92. The third-order valence-corrected chi connectivity index (χ3v) is 5.57. The first kappa shape index (κ1) is 17.1. The summed E-state index contributed by atoms with van der Waals surface area (Å²) in [6.45, 7) is 4.69. The lowest BCUT2D eigenvalue weighted by atomic mass is 9.90. The Morgan fingerprint density at radius 3 is 3.00 bits per heavy atom. The van der Waals surface area contributed by atoms with E-state index in [1.54, 1.807) is 0 Å². The van der Waals surface area contributed by atoms with Crippen LogP contribution >= 0.6 is 0 Å². The summed E-state index contributed by atoms with van der Waals surface area (Å²) in [6.07, 6.45) is 3.51. The molecule has 2 N–H and O–H groups in total. The highest BCUT2D eigenvalue weighted by Gasteiger charge is 2.19. The number of nitrogens with one attached hydrogen (secondary N) is 2. The smallest absolute Gasteiger partial charge is 0.251 e. The van der Waals surface area contributed by atoms with Crippen LogP contribution in [0.25, 0.3) is 0 Å². The third-order valence-electron chi connectivity index (χ3n) is 5.57. The van der Waals surface area contributed by atoms with Gasteiger partial charge in [0, 0.05) is 37.4 Å². The quantitative estimate of drug-likeness (QED) is 0.872. The monoisotopic (exact) mass is 349 g/mol. The van der Waals surface area contributed by atoms with Crippen LogP contribution in [0.4, 0.5) is 5.69 Å². The molecule has 2 aromatic rings. The van der Waals surface area contributed by atoms with E-state index in [-0.39, 0.29) is 5.91 Å². The molecule has 0 saturated carbocycles. The Morgan fingerprint density at radius 1 is 1.19 bits per heavy atom. The first-order valence-electron chi connectivity index (χ1n) is 9.73. The van der Waals surface area contributed by atoms with Gasteiger partial charge < -0.3 is 15.5 Å². The number of anilines is 1. The van der Waals surface area contributed by atoms with Crippen molar-refractivity contribution in [2.75, 3.05) is 37.6 Å². The SMILES string of the molecule is O=C(NCCN1CCc2ccccc21)c1cccc([C@H]2CCCNC2)c1. The molecule has 0 aromatic heterocycles. The molecule has 0 radical (unpaired) electrons. The number of hydrogen-bond donors (Lipinski definition) is 2. The number of carbonyl (C=O) groups is 1. The predicted octanol–water partition coefficient (Wildman–Crippen LogP) is 2.95. The maximum absolute atomic E-state index is 12.6. The van der Waals surface area contributed by atoms with E-state index in [1.807, 2.05) is 12.1 Å². The Kier molecular flexibility index (Phi) is 5.21. The summed E-state index contributed by atoms with van der Waals surface area (Å²) in [7, 11) is 0. The average molecular weight is 349 g/mol. The van der Waals surface area contributed by atoms with E-state index in [0.717, 1.165) is 38.2 Å². The molecule has 2 heterocycles. The number of carbonyl (C=O) groups excluding carboxylic acids is 1. The lowest BCUT2D eigenvalue weighted by molar-refractivity contribution is 0.0954. The summed E-state index contributed by atoms with van der Waals surface area (Å²) >= 11 is 0. The van der Waals surface area contributed by atoms with Gasteiger partial charge in [0.05, 0.1) is 0 Å². The first-order chi connectivity index (χ1) is 12.8. The van der Waals surface area contributed by atoms with Crippen LogP contribution in [0.5, 0.6) is 0 Å². The maximum Gasteiger partial charge on any atom is 0.251 e. The van der Waals surface area contributed by atoms with Gasteiger partial charge in [0.1, 0.15) is 0 Å². The number of benzene rings is 2. The number of amides is 1. The van der Waals surface area contributed by atoms with Crippen molar-refractivity contribution in [1.82, 2.24) is 10.6 Å². The van der Waals surface area contributed by atoms with Gasteiger partial charge in [0.15, 0.2) is 0 Å². The fraction of sp³-hybridized carbons (Fsp3) is 0.409. The van der Waals surface area contributed by atoms with Crippen molar-refractivity contribution in [1.29, 1.82) is 0 Å². The topological polar surface area (TPSA) is 44.4 Å². The second-order valence-electron chi connectivity index (χ2n) is 7.29. The van der Waals surface area contributed by atoms with E-state index in [9.17, 15) is 4.79 Å². The number of fused-ring (bicyclic) bond motifs is 1. The van der Waals surface area contributed by atoms with Crippen LogP contribution < -0.4 is 15.5 Å². The highest BCUT2D eigenvalue weighted by molar-refractivity contribution is 5.94.